The monoisotopic (exact) mass is 249 g/mol. The summed E-state index contributed by atoms with van der Waals surface area (Å²) in [6, 6.07) is 6.06. The molecule has 0 heterocycles. The van der Waals surface area contributed by atoms with Gasteiger partial charge in [-0.25, -0.2) is 0 Å². The van der Waals surface area contributed by atoms with E-state index in [1.165, 1.54) is 5.56 Å². The molecule has 0 radical (unpaired) electrons. The Kier molecular flexibility index (Phi) is 3.53. The summed E-state index contributed by atoms with van der Waals surface area (Å²) in [5.74, 6) is 3.06. The summed E-state index contributed by atoms with van der Waals surface area (Å²) >= 11 is 0. The van der Waals surface area contributed by atoms with Crippen molar-refractivity contribution in [2.24, 2.45) is 11.3 Å². The van der Waals surface area contributed by atoms with E-state index in [0.29, 0.717) is 17.3 Å². The molecule has 2 rings (SSSR count). The zero-order valence-corrected chi connectivity index (χ0v) is 11.9. The van der Waals surface area contributed by atoms with Gasteiger partial charge in [0.15, 0.2) is 0 Å². The van der Waals surface area contributed by atoms with Gasteiger partial charge >= 0.3 is 0 Å². The van der Waals surface area contributed by atoms with Crippen LogP contribution in [0.5, 0.6) is 11.5 Å². The van der Waals surface area contributed by atoms with Crippen LogP contribution in [0, 0.1) is 11.3 Å². The molecular formula is C15H23NO2. The highest BCUT2D eigenvalue weighted by Gasteiger charge is 2.58. The van der Waals surface area contributed by atoms with Crippen LogP contribution in [0.1, 0.15) is 25.3 Å². The Labute approximate surface area is 109 Å². The zero-order chi connectivity index (χ0) is 13.3. The number of rotatable bonds is 5. The van der Waals surface area contributed by atoms with E-state index < -0.39 is 0 Å². The molecule has 0 spiro atoms. The zero-order valence-electron chi connectivity index (χ0n) is 11.9. The molecule has 18 heavy (non-hydrogen) atoms. The molecular weight excluding hydrogens is 226 g/mol. The molecule has 1 N–H and O–H groups in total. The van der Waals surface area contributed by atoms with Gasteiger partial charge < -0.3 is 14.8 Å². The molecule has 0 bridgehead atoms. The van der Waals surface area contributed by atoms with Crippen molar-refractivity contribution in [2.45, 2.75) is 19.8 Å². The maximum Gasteiger partial charge on any atom is 0.122 e. The molecule has 2 unspecified atom stereocenters. The minimum absolute atomic E-state index is 0.322. The van der Waals surface area contributed by atoms with Crippen LogP contribution in [0.15, 0.2) is 18.2 Å². The summed E-state index contributed by atoms with van der Waals surface area (Å²) in [5.41, 5.74) is 1.59. The van der Waals surface area contributed by atoms with Crippen LogP contribution in [0.2, 0.25) is 0 Å². The van der Waals surface area contributed by atoms with Crippen LogP contribution in [0.25, 0.3) is 0 Å². The van der Waals surface area contributed by atoms with Gasteiger partial charge in [-0.1, -0.05) is 13.8 Å². The van der Waals surface area contributed by atoms with Crippen molar-refractivity contribution in [3.8, 4) is 11.5 Å². The number of methoxy groups -OCH3 is 2. The Hall–Kier alpha value is -1.22. The highest BCUT2D eigenvalue weighted by Crippen LogP contribution is 2.65. The van der Waals surface area contributed by atoms with Crippen LogP contribution < -0.4 is 14.8 Å². The average Bonchev–Trinajstić information content (AvgIpc) is 2.90. The first-order valence-corrected chi connectivity index (χ1v) is 6.42. The largest absolute Gasteiger partial charge is 0.497 e. The lowest BCUT2D eigenvalue weighted by molar-refractivity contribution is 0.397. The molecule has 100 valence electrons. The fraction of sp³-hybridized carbons (Fsp3) is 0.600. The van der Waals surface area contributed by atoms with Gasteiger partial charge in [-0.3, -0.25) is 0 Å². The standard InChI is InChI=1S/C15H23NO2/c1-15(2)12(9-16-3)14(15)11-8-10(17-4)6-7-13(11)18-5/h6-8,12,14,16H,9H2,1-5H3. The highest BCUT2D eigenvalue weighted by molar-refractivity contribution is 5.47. The fourth-order valence-corrected chi connectivity index (χ4v) is 3.04. The molecule has 1 aromatic rings. The van der Waals surface area contributed by atoms with Gasteiger partial charge in [0.1, 0.15) is 11.5 Å². The Bertz CT molecular complexity index is 429. The summed E-state index contributed by atoms with van der Waals surface area (Å²) in [5, 5.41) is 3.28. The number of hydrogen-bond acceptors (Lipinski definition) is 3. The average molecular weight is 249 g/mol. The van der Waals surface area contributed by atoms with Crippen molar-refractivity contribution < 1.29 is 9.47 Å². The first-order valence-electron chi connectivity index (χ1n) is 6.42. The Balaban J connectivity index is 2.33. The van der Waals surface area contributed by atoms with E-state index in [0.717, 1.165) is 18.0 Å². The maximum absolute atomic E-state index is 5.49. The van der Waals surface area contributed by atoms with Gasteiger partial charge in [0.2, 0.25) is 0 Å². The second-order valence-electron chi connectivity index (χ2n) is 5.57. The van der Waals surface area contributed by atoms with Gasteiger partial charge in [0.05, 0.1) is 14.2 Å². The smallest absolute Gasteiger partial charge is 0.122 e. The van der Waals surface area contributed by atoms with E-state index in [9.17, 15) is 0 Å². The van der Waals surface area contributed by atoms with E-state index in [1.807, 2.05) is 19.2 Å². The van der Waals surface area contributed by atoms with Crippen molar-refractivity contribution in [1.82, 2.24) is 5.32 Å². The van der Waals surface area contributed by atoms with Crippen LogP contribution in [0.3, 0.4) is 0 Å². The lowest BCUT2D eigenvalue weighted by atomic mass is 10.0. The molecule has 1 aromatic carbocycles. The minimum atomic E-state index is 0.322. The summed E-state index contributed by atoms with van der Waals surface area (Å²) in [6.07, 6.45) is 0. The normalized spacial score (nSPS) is 24.7. The molecule has 1 aliphatic carbocycles. The van der Waals surface area contributed by atoms with Crippen molar-refractivity contribution in [3.63, 3.8) is 0 Å². The third kappa shape index (κ3) is 2.07. The van der Waals surface area contributed by atoms with Crippen LogP contribution in [-0.4, -0.2) is 27.8 Å². The van der Waals surface area contributed by atoms with Crippen molar-refractivity contribution in [3.05, 3.63) is 23.8 Å². The maximum atomic E-state index is 5.49. The number of nitrogens with one attached hydrogen (secondary N) is 1. The van der Waals surface area contributed by atoms with Gasteiger partial charge in [0, 0.05) is 5.56 Å². The lowest BCUT2D eigenvalue weighted by Gasteiger charge is -2.11. The summed E-state index contributed by atoms with van der Waals surface area (Å²) in [7, 11) is 5.44. The summed E-state index contributed by atoms with van der Waals surface area (Å²) in [4.78, 5) is 0. The predicted octanol–water partition coefficient (Wildman–Crippen LogP) is 2.66. The molecule has 0 aliphatic heterocycles. The van der Waals surface area contributed by atoms with Gasteiger partial charge in [-0.2, -0.15) is 0 Å². The van der Waals surface area contributed by atoms with Crippen LogP contribution in [-0.2, 0) is 0 Å². The van der Waals surface area contributed by atoms with E-state index >= 15 is 0 Å². The molecule has 0 aromatic heterocycles. The Morgan fingerprint density at radius 2 is 1.94 bits per heavy atom. The second kappa shape index (κ2) is 4.81. The van der Waals surface area contributed by atoms with Crippen molar-refractivity contribution in [1.29, 1.82) is 0 Å². The van der Waals surface area contributed by atoms with Crippen LogP contribution in [0.4, 0.5) is 0 Å². The van der Waals surface area contributed by atoms with Crippen molar-refractivity contribution in [2.75, 3.05) is 27.8 Å². The summed E-state index contributed by atoms with van der Waals surface area (Å²) in [6.45, 7) is 5.68. The third-order valence-corrected chi connectivity index (χ3v) is 4.25. The first kappa shape index (κ1) is 13.2. The number of hydrogen-bond donors (Lipinski definition) is 1. The molecule has 3 heteroatoms. The van der Waals surface area contributed by atoms with Gasteiger partial charge in [0.25, 0.3) is 0 Å². The third-order valence-electron chi connectivity index (χ3n) is 4.25. The molecule has 0 saturated heterocycles. The van der Waals surface area contributed by atoms with E-state index in [-0.39, 0.29) is 0 Å². The van der Waals surface area contributed by atoms with E-state index in [4.69, 9.17) is 9.47 Å². The topological polar surface area (TPSA) is 30.5 Å². The molecule has 1 saturated carbocycles. The number of ether oxygens (including phenoxy) is 2. The van der Waals surface area contributed by atoms with E-state index in [2.05, 4.69) is 25.2 Å². The second-order valence-corrected chi connectivity index (χ2v) is 5.57. The number of benzene rings is 1. The Morgan fingerprint density at radius 3 is 2.50 bits per heavy atom. The molecule has 0 amide bonds. The predicted molar refractivity (Wildman–Crippen MR) is 73.5 cm³/mol. The van der Waals surface area contributed by atoms with Gasteiger partial charge in [-0.15, -0.1) is 0 Å². The highest BCUT2D eigenvalue weighted by atomic mass is 16.5. The molecule has 3 nitrogen and oxygen atoms in total. The fourth-order valence-electron chi connectivity index (χ4n) is 3.04. The molecule has 2 atom stereocenters. The SMILES string of the molecule is CNCC1C(c2cc(OC)ccc2OC)C1(C)C. The first-order chi connectivity index (χ1) is 8.56. The summed E-state index contributed by atoms with van der Waals surface area (Å²) < 4.78 is 10.8. The Morgan fingerprint density at radius 1 is 1.22 bits per heavy atom. The molecule has 1 fully saturated rings. The van der Waals surface area contributed by atoms with Crippen molar-refractivity contribution >= 4 is 0 Å². The van der Waals surface area contributed by atoms with E-state index in [1.54, 1.807) is 14.2 Å². The minimum Gasteiger partial charge on any atom is -0.497 e. The quantitative estimate of drug-likeness (QED) is 0.870. The lowest BCUT2D eigenvalue weighted by Crippen LogP contribution is -2.12. The molecule has 1 aliphatic rings. The van der Waals surface area contributed by atoms with Crippen LogP contribution >= 0.6 is 0 Å². The van der Waals surface area contributed by atoms with Gasteiger partial charge in [-0.05, 0) is 49.0 Å².